The van der Waals surface area contributed by atoms with Gasteiger partial charge >= 0.3 is 0 Å². The monoisotopic (exact) mass is 214 g/mol. The molecule has 6 heteroatoms. The Labute approximate surface area is 86.9 Å². The molecule has 0 saturated heterocycles. The SMILES string of the molecule is CNC(C)C(=O)Nc1ccnc(Cl)n1. The summed E-state index contributed by atoms with van der Waals surface area (Å²) in [7, 11) is 1.71. The molecule has 1 amide bonds. The van der Waals surface area contributed by atoms with Gasteiger partial charge in [0.05, 0.1) is 6.04 Å². The number of rotatable bonds is 3. The predicted octanol–water partition coefficient (Wildman–Crippen LogP) is 0.676. The zero-order chi connectivity index (χ0) is 10.6. The van der Waals surface area contributed by atoms with Gasteiger partial charge in [-0.15, -0.1) is 0 Å². The van der Waals surface area contributed by atoms with E-state index in [-0.39, 0.29) is 17.2 Å². The lowest BCUT2D eigenvalue weighted by atomic mass is 10.3. The van der Waals surface area contributed by atoms with E-state index in [2.05, 4.69) is 20.6 Å². The fourth-order valence-electron chi connectivity index (χ4n) is 0.770. The number of nitrogens with zero attached hydrogens (tertiary/aromatic N) is 2. The van der Waals surface area contributed by atoms with E-state index in [1.165, 1.54) is 6.20 Å². The molecule has 0 aliphatic rings. The summed E-state index contributed by atoms with van der Waals surface area (Å²) in [6.07, 6.45) is 1.48. The largest absolute Gasteiger partial charge is 0.309 e. The minimum absolute atomic E-state index is 0.111. The first-order chi connectivity index (χ1) is 6.63. The highest BCUT2D eigenvalue weighted by atomic mass is 35.5. The van der Waals surface area contributed by atoms with Gasteiger partial charge in [0.1, 0.15) is 5.82 Å². The van der Waals surface area contributed by atoms with E-state index in [0.717, 1.165) is 0 Å². The lowest BCUT2D eigenvalue weighted by Crippen LogP contribution is -2.35. The molecule has 1 heterocycles. The molecule has 14 heavy (non-hydrogen) atoms. The molecular weight excluding hydrogens is 204 g/mol. The van der Waals surface area contributed by atoms with Crippen LogP contribution in [0.25, 0.3) is 0 Å². The molecular formula is C8H11ClN4O. The second-order valence-corrected chi connectivity index (χ2v) is 3.05. The first kappa shape index (κ1) is 10.9. The normalized spacial score (nSPS) is 12.2. The smallest absolute Gasteiger partial charge is 0.242 e. The summed E-state index contributed by atoms with van der Waals surface area (Å²) in [5, 5.41) is 5.52. The van der Waals surface area contributed by atoms with E-state index in [0.29, 0.717) is 5.82 Å². The molecule has 0 aromatic carbocycles. The average molecular weight is 215 g/mol. The average Bonchev–Trinajstić information content (AvgIpc) is 2.16. The Morgan fingerprint density at radius 1 is 1.64 bits per heavy atom. The number of anilines is 1. The number of likely N-dealkylation sites (N-methyl/N-ethyl adjacent to an activating group) is 1. The zero-order valence-electron chi connectivity index (χ0n) is 7.91. The van der Waals surface area contributed by atoms with E-state index >= 15 is 0 Å². The number of amides is 1. The van der Waals surface area contributed by atoms with Gasteiger partial charge < -0.3 is 10.6 Å². The molecule has 0 fully saturated rings. The molecule has 1 aromatic rings. The van der Waals surface area contributed by atoms with Crippen LogP contribution in [0.15, 0.2) is 12.3 Å². The first-order valence-corrected chi connectivity index (χ1v) is 4.48. The van der Waals surface area contributed by atoms with Crippen molar-refractivity contribution in [3.8, 4) is 0 Å². The van der Waals surface area contributed by atoms with Crippen molar-refractivity contribution >= 4 is 23.3 Å². The van der Waals surface area contributed by atoms with Crippen LogP contribution in [0.2, 0.25) is 5.28 Å². The Morgan fingerprint density at radius 3 is 2.93 bits per heavy atom. The van der Waals surface area contributed by atoms with E-state index in [9.17, 15) is 4.79 Å². The highest BCUT2D eigenvalue weighted by Crippen LogP contribution is 2.05. The second kappa shape index (κ2) is 4.88. The summed E-state index contributed by atoms with van der Waals surface area (Å²) in [5.74, 6) is 0.236. The molecule has 0 spiro atoms. The van der Waals surface area contributed by atoms with Crippen molar-refractivity contribution in [2.45, 2.75) is 13.0 Å². The molecule has 1 aromatic heterocycles. The summed E-state index contributed by atoms with van der Waals surface area (Å²) in [4.78, 5) is 18.9. The van der Waals surface area contributed by atoms with Crippen LogP contribution in [-0.2, 0) is 4.79 Å². The summed E-state index contributed by atoms with van der Waals surface area (Å²) >= 11 is 5.55. The van der Waals surface area contributed by atoms with Gasteiger partial charge in [0.2, 0.25) is 11.2 Å². The van der Waals surface area contributed by atoms with E-state index in [1.807, 2.05) is 0 Å². The maximum Gasteiger partial charge on any atom is 0.242 e. The van der Waals surface area contributed by atoms with Crippen molar-refractivity contribution in [1.82, 2.24) is 15.3 Å². The maximum absolute atomic E-state index is 11.4. The Kier molecular flexibility index (Phi) is 3.79. The van der Waals surface area contributed by atoms with Gasteiger partial charge in [-0.25, -0.2) is 9.97 Å². The standard InChI is InChI=1S/C8H11ClN4O/c1-5(10-2)7(14)12-6-3-4-11-8(9)13-6/h3-5,10H,1-2H3,(H,11,12,13,14). The second-order valence-electron chi connectivity index (χ2n) is 2.71. The van der Waals surface area contributed by atoms with Crippen LogP contribution >= 0.6 is 11.6 Å². The molecule has 1 unspecified atom stereocenters. The number of hydrogen-bond donors (Lipinski definition) is 2. The Morgan fingerprint density at radius 2 is 2.36 bits per heavy atom. The highest BCUT2D eigenvalue weighted by molar-refractivity contribution is 6.28. The number of carbonyl (C=O) groups excluding carboxylic acids is 1. The summed E-state index contributed by atoms with van der Waals surface area (Å²) in [6.45, 7) is 1.75. The molecule has 0 radical (unpaired) electrons. The molecule has 1 rings (SSSR count). The quantitative estimate of drug-likeness (QED) is 0.727. The van der Waals surface area contributed by atoms with Crippen molar-refractivity contribution in [2.75, 3.05) is 12.4 Å². The van der Waals surface area contributed by atoms with Crippen LogP contribution < -0.4 is 10.6 Å². The van der Waals surface area contributed by atoms with Crippen LogP contribution in [0.3, 0.4) is 0 Å². The fourth-order valence-corrected chi connectivity index (χ4v) is 0.917. The summed E-state index contributed by atoms with van der Waals surface area (Å²) in [6, 6.07) is 1.30. The summed E-state index contributed by atoms with van der Waals surface area (Å²) in [5.41, 5.74) is 0. The van der Waals surface area contributed by atoms with Crippen LogP contribution in [0, 0.1) is 0 Å². The van der Waals surface area contributed by atoms with Crippen molar-refractivity contribution in [2.24, 2.45) is 0 Å². The van der Waals surface area contributed by atoms with Crippen molar-refractivity contribution < 1.29 is 4.79 Å². The molecule has 0 bridgehead atoms. The molecule has 0 aliphatic carbocycles. The minimum Gasteiger partial charge on any atom is -0.309 e. The molecule has 2 N–H and O–H groups in total. The van der Waals surface area contributed by atoms with Gasteiger partial charge in [-0.1, -0.05) is 0 Å². The molecule has 76 valence electrons. The van der Waals surface area contributed by atoms with Crippen LogP contribution in [-0.4, -0.2) is 29.0 Å². The van der Waals surface area contributed by atoms with Crippen molar-refractivity contribution in [3.63, 3.8) is 0 Å². The number of aromatic nitrogens is 2. The maximum atomic E-state index is 11.4. The lowest BCUT2D eigenvalue weighted by molar-refractivity contribution is -0.117. The van der Waals surface area contributed by atoms with E-state index < -0.39 is 0 Å². The van der Waals surface area contributed by atoms with E-state index in [4.69, 9.17) is 11.6 Å². The van der Waals surface area contributed by atoms with Gasteiger partial charge in [0.25, 0.3) is 0 Å². The van der Waals surface area contributed by atoms with Gasteiger partial charge in [-0.2, -0.15) is 0 Å². The number of nitrogens with one attached hydrogen (secondary N) is 2. The third-order valence-corrected chi connectivity index (χ3v) is 1.89. The Bertz CT molecular complexity index is 331. The molecule has 0 aliphatic heterocycles. The minimum atomic E-state index is -0.274. The topological polar surface area (TPSA) is 66.9 Å². The number of halogens is 1. The van der Waals surface area contributed by atoms with Crippen LogP contribution in [0.1, 0.15) is 6.92 Å². The molecule has 1 atom stereocenters. The molecule has 0 saturated carbocycles. The van der Waals surface area contributed by atoms with Crippen LogP contribution in [0.5, 0.6) is 0 Å². The fraction of sp³-hybridized carbons (Fsp3) is 0.375. The highest BCUT2D eigenvalue weighted by Gasteiger charge is 2.10. The Balaban J connectivity index is 2.65. The molecule has 5 nitrogen and oxygen atoms in total. The first-order valence-electron chi connectivity index (χ1n) is 4.10. The Hall–Kier alpha value is -1.20. The van der Waals surface area contributed by atoms with Gasteiger partial charge in [0, 0.05) is 6.20 Å². The zero-order valence-corrected chi connectivity index (χ0v) is 8.67. The van der Waals surface area contributed by atoms with Crippen molar-refractivity contribution in [3.05, 3.63) is 17.5 Å². The van der Waals surface area contributed by atoms with E-state index in [1.54, 1.807) is 20.0 Å². The van der Waals surface area contributed by atoms with Crippen molar-refractivity contribution in [1.29, 1.82) is 0 Å². The third-order valence-electron chi connectivity index (χ3n) is 1.70. The third kappa shape index (κ3) is 2.93. The predicted molar refractivity (Wildman–Crippen MR) is 54.2 cm³/mol. The number of hydrogen-bond acceptors (Lipinski definition) is 4. The van der Waals surface area contributed by atoms with Gasteiger partial charge in [0.15, 0.2) is 0 Å². The van der Waals surface area contributed by atoms with Crippen LogP contribution in [0.4, 0.5) is 5.82 Å². The van der Waals surface area contributed by atoms with Gasteiger partial charge in [-0.3, -0.25) is 4.79 Å². The lowest BCUT2D eigenvalue weighted by Gasteiger charge is -2.09. The number of carbonyl (C=O) groups is 1. The van der Waals surface area contributed by atoms with Gasteiger partial charge in [-0.05, 0) is 31.6 Å². The summed E-state index contributed by atoms with van der Waals surface area (Å²) < 4.78 is 0.